The quantitative estimate of drug-likeness (QED) is 0.358. The number of benzene rings is 3. The van der Waals surface area contributed by atoms with E-state index in [1.807, 2.05) is 48.5 Å². The lowest BCUT2D eigenvalue weighted by Crippen LogP contribution is -2.12. The minimum absolute atomic E-state index is 0.261. The number of anilines is 1. The summed E-state index contributed by atoms with van der Waals surface area (Å²) in [5.74, 6) is 1.20. The number of hydrogen-bond acceptors (Lipinski definition) is 5. The molecule has 4 aromatic rings. The van der Waals surface area contributed by atoms with Crippen LogP contribution in [0.25, 0.3) is 10.6 Å². The monoisotopic (exact) mass is 450 g/mol. The average Bonchev–Trinajstić information content (AvgIpc) is 3.30. The fraction of sp³-hybridized carbons (Fsp3) is 0.0833. The normalized spacial score (nSPS) is 10.5. The second-order valence-corrected chi connectivity index (χ2v) is 7.96. The van der Waals surface area contributed by atoms with Crippen molar-refractivity contribution in [2.75, 3.05) is 12.4 Å². The molecule has 1 N–H and O–H groups in total. The Kier molecular flexibility index (Phi) is 6.50. The third-order valence-electron chi connectivity index (χ3n) is 4.48. The molecule has 0 unspecified atom stereocenters. The van der Waals surface area contributed by atoms with Crippen molar-refractivity contribution >= 4 is 34.5 Å². The van der Waals surface area contributed by atoms with Crippen LogP contribution in [-0.4, -0.2) is 18.0 Å². The van der Waals surface area contributed by atoms with Gasteiger partial charge in [-0.25, -0.2) is 4.98 Å². The minimum atomic E-state index is -0.261. The van der Waals surface area contributed by atoms with Crippen molar-refractivity contribution in [2.45, 2.75) is 6.61 Å². The van der Waals surface area contributed by atoms with E-state index >= 15 is 0 Å². The predicted octanol–water partition coefficient (Wildman–Crippen LogP) is 6.30. The van der Waals surface area contributed by atoms with Crippen molar-refractivity contribution in [1.29, 1.82) is 0 Å². The first-order valence-corrected chi connectivity index (χ1v) is 10.7. The van der Waals surface area contributed by atoms with Crippen LogP contribution in [0.15, 0.2) is 78.2 Å². The van der Waals surface area contributed by atoms with Crippen LogP contribution in [0.2, 0.25) is 5.02 Å². The molecule has 0 fully saturated rings. The van der Waals surface area contributed by atoms with E-state index in [-0.39, 0.29) is 5.91 Å². The molecule has 156 valence electrons. The zero-order valence-electron chi connectivity index (χ0n) is 16.7. The number of carbonyl (C=O) groups is 1. The summed E-state index contributed by atoms with van der Waals surface area (Å²) in [7, 11) is 1.60. The summed E-state index contributed by atoms with van der Waals surface area (Å²) in [6.45, 7) is 0.439. The van der Waals surface area contributed by atoms with E-state index in [0.717, 1.165) is 27.6 Å². The van der Waals surface area contributed by atoms with Gasteiger partial charge in [-0.05, 0) is 54.1 Å². The number of nitrogens with one attached hydrogen (secondary N) is 1. The van der Waals surface area contributed by atoms with Gasteiger partial charge in [-0.2, -0.15) is 0 Å². The number of ether oxygens (including phenoxy) is 2. The van der Waals surface area contributed by atoms with Crippen LogP contribution < -0.4 is 14.8 Å². The van der Waals surface area contributed by atoms with E-state index in [1.54, 1.807) is 36.8 Å². The standard InChI is InChI=1S/C24H19ClN2O3S/c1-29-20-11-9-19(10-12-20)26-23(28)22-15-31-24(27-22)17-3-2-4-21(13-17)30-14-16-5-7-18(25)8-6-16/h2-13,15H,14H2,1H3,(H,26,28). The predicted molar refractivity (Wildman–Crippen MR) is 124 cm³/mol. The third-order valence-corrected chi connectivity index (χ3v) is 5.63. The van der Waals surface area contributed by atoms with Gasteiger partial charge in [-0.15, -0.1) is 11.3 Å². The van der Waals surface area contributed by atoms with E-state index in [9.17, 15) is 4.79 Å². The molecule has 0 aliphatic rings. The SMILES string of the molecule is COc1ccc(NC(=O)c2csc(-c3cccc(OCc4ccc(Cl)cc4)c3)n2)cc1. The summed E-state index contributed by atoms with van der Waals surface area (Å²) in [6.07, 6.45) is 0. The number of aromatic nitrogens is 1. The first-order valence-electron chi connectivity index (χ1n) is 9.49. The van der Waals surface area contributed by atoms with Crippen LogP contribution in [0.3, 0.4) is 0 Å². The molecule has 0 saturated heterocycles. The zero-order chi connectivity index (χ0) is 21.6. The summed E-state index contributed by atoms with van der Waals surface area (Å²) < 4.78 is 11.0. The molecule has 5 nitrogen and oxygen atoms in total. The minimum Gasteiger partial charge on any atom is -0.497 e. The lowest BCUT2D eigenvalue weighted by molar-refractivity contribution is 0.102. The highest BCUT2D eigenvalue weighted by Crippen LogP contribution is 2.28. The maximum Gasteiger partial charge on any atom is 0.275 e. The van der Waals surface area contributed by atoms with Crippen LogP contribution in [0.4, 0.5) is 5.69 Å². The Hall–Kier alpha value is -3.35. The van der Waals surface area contributed by atoms with Gasteiger partial charge in [0.25, 0.3) is 5.91 Å². The van der Waals surface area contributed by atoms with E-state index in [2.05, 4.69) is 10.3 Å². The second-order valence-electron chi connectivity index (χ2n) is 6.66. The van der Waals surface area contributed by atoms with Gasteiger partial charge in [-0.3, -0.25) is 4.79 Å². The largest absolute Gasteiger partial charge is 0.497 e. The molecule has 1 amide bonds. The van der Waals surface area contributed by atoms with Crippen molar-refractivity contribution in [2.24, 2.45) is 0 Å². The summed E-state index contributed by atoms with van der Waals surface area (Å²) in [6, 6.07) is 22.3. The lowest BCUT2D eigenvalue weighted by Gasteiger charge is -2.07. The van der Waals surface area contributed by atoms with Crippen molar-refractivity contribution in [1.82, 2.24) is 4.98 Å². The number of halogens is 1. The molecule has 0 aliphatic heterocycles. The Morgan fingerprint density at radius 3 is 2.55 bits per heavy atom. The number of hydrogen-bond donors (Lipinski definition) is 1. The maximum absolute atomic E-state index is 12.5. The molecule has 0 atom stereocenters. The Bertz CT molecular complexity index is 1170. The Morgan fingerprint density at radius 1 is 1.03 bits per heavy atom. The molecule has 31 heavy (non-hydrogen) atoms. The van der Waals surface area contributed by atoms with Gasteiger partial charge in [0.2, 0.25) is 0 Å². The molecular formula is C24H19ClN2O3S. The van der Waals surface area contributed by atoms with Gasteiger partial charge in [0.15, 0.2) is 0 Å². The topological polar surface area (TPSA) is 60.5 Å². The summed E-state index contributed by atoms with van der Waals surface area (Å²) in [5, 5.41) is 6.03. The van der Waals surface area contributed by atoms with Gasteiger partial charge in [0.05, 0.1) is 7.11 Å². The highest BCUT2D eigenvalue weighted by Gasteiger charge is 2.13. The number of methoxy groups -OCH3 is 1. The lowest BCUT2D eigenvalue weighted by atomic mass is 10.2. The van der Waals surface area contributed by atoms with Crippen molar-refractivity contribution in [3.63, 3.8) is 0 Å². The average molecular weight is 451 g/mol. The number of rotatable bonds is 7. The van der Waals surface area contributed by atoms with Gasteiger partial charge in [0.1, 0.15) is 28.8 Å². The van der Waals surface area contributed by atoms with E-state index in [1.165, 1.54) is 11.3 Å². The molecule has 0 spiro atoms. The van der Waals surface area contributed by atoms with Gasteiger partial charge in [-0.1, -0.05) is 35.9 Å². The second kappa shape index (κ2) is 9.64. The molecule has 1 aromatic heterocycles. The Balaban J connectivity index is 1.42. The summed E-state index contributed by atoms with van der Waals surface area (Å²) in [5.41, 5.74) is 2.96. The van der Waals surface area contributed by atoms with Crippen LogP contribution in [-0.2, 0) is 6.61 Å². The number of carbonyl (C=O) groups excluding carboxylic acids is 1. The number of nitrogens with zero attached hydrogens (tertiary/aromatic N) is 1. The van der Waals surface area contributed by atoms with Gasteiger partial charge >= 0.3 is 0 Å². The molecule has 0 radical (unpaired) electrons. The first-order chi connectivity index (χ1) is 15.1. The number of amides is 1. The van der Waals surface area contributed by atoms with Gasteiger partial charge in [0, 0.05) is 21.7 Å². The highest BCUT2D eigenvalue weighted by atomic mass is 35.5. The maximum atomic E-state index is 12.5. The van der Waals surface area contributed by atoms with Crippen LogP contribution in [0.5, 0.6) is 11.5 Å². The summed E-state index contributed by atoms with van der Waals surface area (Å²) >= 11 is 7.33. The zero-order valence-corrected chi connectivity index (χ0v) is 18.2. The van der Waals surface area contributed by atoms with Crippen LogP contribution >= 0.6 is 22.9 Å². The van der Waals surface area contributed by atoms with E-state index in [4.69, 9.17) is 21.1 Å². The molecular weight excluding hydrogens is 432 g/mol. The van der Waals surface area contributed by atoms with E-state index in [0.29, 0.717) is 23.0 Å². The van der Waals surface area contributed by atoms with Gasteiger partial charge < -0.3 is 14.8 Å². The van der Waals surface area contributed by atoms with Crippen LogP contribution in [0, 0.1) is 0 Å². The third kappa shape index (κ3) is 5.42. The molecule has 0 aliphatic carbocycles. The molecule has 4 rings (SSSR count). The van der Waals surface area contributed by atoms with Crippen molar-refractivity contribution in [3.05, 3.63) is 94.5 Å². The first kappa shape index (κ1) is 20.9. The van der Waals surface area contributed by atoms with E-state index < -0.39 is 0 Å². The Morgan fingerprint density at radius 2 is 1.81 bits per heavy atom. The molecule has 1 heterocycles. The molecule has 3 aromatic carbocycles. The summed E-state index contributed by atoms with van der Waals surface area (Å²) in [4.78, 5) is 17.0. The van der Waals surface area contributed by atoms with Crippen molar-refractivity contribution < 1.29 is 14.3 Å². The smallest absolute Gasteiger partial charge is 0.275 e. The fourth-order valence-corrected chi connectivity index (χ4v) is 3.77. The van der Waals surface area contributed by atoms with Crippen molar-refractivity contribution in [3.8, 4) is 22.1 Å². The fourth-order valence-electron chi connectivity index (χ4n) is 2.85. The highest BCUT2D eigenvalue weighted by molar-refractivity contribution is 7.13. The molecule has 0 bridgehead atoms. The molecule has 7 heteroatoms. The number of thiazole rings is 1. The Labute approximate surface area is 189 Å². The van der Waals surface area contributed by atoms with Crippen LogP contribution in [0.1, 0.15) is 16.1 Å². The molecule has 0 saturated carbocycles.